The fourth-order valence-corrected chi connectivity index (χ4v) is 5.01. The van der Waals surface area contributed by atoms with Crippen LogP contribution >= 0.6 is 23.4 Å². The molecule has 0 unspecified atom stereocenters. The first-order chi connectivity index (χ1) is 18.0. The number of carbonyl (C=O) groups is 1. The van der Waals surface area contributed by atoms with Gasteiger partial charge in [0.25, 0.3) is 5.91 Å². The third-order valence-electron chi connectivity index (χ3n) is 6.08. The third kappa shape index (κ3) is 7.28. The zero-order valence-corrected chi connectivity index (χ0v) is 22.8. The van der Waals surface area contributed by atoms with Crippen LogP contribution in [0.15, 0.2) is 53.7 Å². The molecule has 196 valence electrons. The molecule has 37 heavy (non-hydrogen) atoms. The molecule has 1 amide bonds. The zero-order valence-electron chi connectivity index (χ0n) is 21.3. The van der Waals surface area contributed by atoms with Crippen molar-refractivity contribution < 1.29 is 19.0 Å². The van der Waals surface area contributed by atoms with Crippen LogP contribution in [0, 0.1) is 0 Å². The van der Waals surface area contributed by atoms with Crippen LogP contribution in [0.25, 0.3) is 0 Å². The lowest BCUT2D eigenvalue weighted by molar-refractivity contribution is 0.0303. The number of carbonyl (C=O) groups excluding carboxylic acids is 1. The number of methoxy groups -OCH3 is 2. The van der Waals surface area contributed by atoms with Crippen LogP contribution in [0.4, 0.5) is 5.82 Å². The normalized spacial score (nSPS) is 13.4. The predicted molar refractivity (Wildman–Crippen MR) is 146 cm³/mol. The van der Waals surface area contributed by atoms with E-state index in [1.165, 1.54) is 11.8 Å². The SMILES string of the molecule is COc1ccc(CCN(C)c2cc(Cl)nc(SCc3cccc(C(=O)N4CCOCC4)c3)n2)cc1OC. The smallest absolute Gasteiger partial charge is 0.254 e. The van der Waals surface area contributed by atoms with Crippen LogP contribution < -0.4 is 14.4 Å². The number of rotatable bonds is 10. The van der Waals surface area contributed by atoms with E-state index in [1.54, 1.807) is 20.3 Å². The number of amides is 1. The van der Waals surface area contributed by atoms with E-state index in [0.717, 1.165) is 29.9 Å². The molecule has 1 aliphatic heterocycles. The van der Waals surface area contributed by atoms with E-state index in [4.69, 9.17) is 30.8 Å². The van der Waals surface area contributed by atoms with E-state index in [0.29, 0.717) is 59.4 Å². The lowest BCUT2D eigenvalue weighted by atomic mass is 10.1. The van der Waals surface area contributed by atoms with Crippen LogP contribution in [0.3, 0.4) is 0 Å². The Morgan fingerprint density at radius 2 is 1.84 bits per heavy atom. The maximum atomic E-state index is 12.8. The highest BCUT2D eigenvalue weighted by Crippen LogP contribution is 2.28. The molecule has 1 aliphatic rings. The van der Waals surface area contributed by atoms with Crippen LogP contribution in [0.5, 0.6) is 11.5 Å². The number of ether oxygens (including phenoxy) is 3. The lowest BCUT2D eigenvalue weighted by Crippen LogP contribution is -2.40. The number of benzene rings is 2. The number of anilines is 1. The molecule has 0 radical (unpaired) electrons. The molecule has 0 spiro atoms. The number of nitrogens with zero attached hydrogens (tertiary/aromatic N) is 4. The fraction of sp³-hybridized carbons (Fsp3) is 0.370. The van der Waals surface area contributed by atoms with E-state index < -0.39 is 0 Å². The van der Waals surface area contributed by atoms with Crippen LogP contribution in [-0.2, 0) is 16.9 Å². The molecule has 1 saturated heterocycles. The van der Waals surface area contributed by atoms with Crippen molar-refractivity contribution in [1.82, 2.24) is 14.9 Å². The zero-order chi connectivity index (χ0) is 26.2. The van der Waals surface area contributed by atoms with Gasteiger partial charge in [0.1, 0.15) is 11.0 Å². The molecule has 0 bridgehead atoms. The summed E-state index contributed by atoms with van der Waals surface area (Å²) >= 11 is 7.83. The van der Waals surface area contributed by atoms with Gasteiger partial charge in [0.15, 0.2) is 16.7 Å². The van der Waals surface area contributed by atoms with E-state index in [2.05, 4.69) is 9.88 Å². The summed E-state index contributed by atoms with van der Waals surface area (Å²) < 4.78 is 16.1. The van der Waals surface area contributed by atoms with Gasteiger partial charge < -0.3 is 24.0 Å². The van der Waals surface area contributed by atoms with Crippen molar-refractivity contribution in [2.45, 2.75) is 17.3 Å². The number of hydrogen-bond acceptors (Lipinski definition) is 8. The summed E-state index contributed by atoms with van der Waals surface area (Å²) in [6.07, 6.45) is 0.797. The molecule has 2 heterocycles. The molecule has 10 heteroatoms. The highest BCUT2D eigenvalue weighted by molar-refractivity contribution is 7.98. The summed E-state index contributed by atoms with van der Waals surface area (Å²) in [4.78, 5) is 25.8. The Kier molecular flexibility index (Phi) is 9.49. The van der Waals surface area contributed by atoms with Gasteiger partial charge in [-0.3, -0.25) is 4.79 Å². The Bertz CT molecular complexity index is 1220. The molecule has 0 saturated carbocycles. The van der Waals surface area contributed by atoms with Crippen molar-refractivity contribution >= 4 is 35.1 Å². The summed E-state index contributed by atoms with van der Waals surface area (Å²) in [7, 11) is 5.24. The van der Waals surface area contributed by atoms with E-state index in [9.17, 15) is 4.79 Å². The van der Waals surface area contributed by atoms with Gasteiger partial charge in [0.2, 0.25) is 0 Å². The van der Waals surface area contributed by atoms with E-state index in [1.807, 2.05) is 54.4 Å². The summed E-state index contributed by atoms with van der Waals surface area (Å²) in [6.45, 7) is 3.14. The second-order valence-electron chi connectivity index (χ2n) is 8.59. The molecule has 3 aromatic rings. The number of aromatic nitrogens is 2. The van der Waals surface area contributed by atoms with Gasteiger partial charge in [-0.15, -0.1) is 0 Å². The average Bonchev–Trinajstić information content (AvgIpc) is 2.94. The van der Waals surface area contributed by atoms with E-state index in [-0.39, 0.29) is 5.91 Å². The van der Waals surface area contributed by atoms with Gasteiger partial charge in [-0.05, 0) is 41.8 Å². The van der Waals surface area contributed by atoms with Gasteiger partial charge in [0.05, 0.1) is 27.4 Å². The molecule has 1 fully saturated rings. The number of likely N-dealkylation sites (N-methyl/N-ethyl adjacent to an activating group) is 1. The number of morpholine rings is 1. The Labute approximate surface area is 226 Å². The van der Waals surface area contributed by atoms with Crippen molar-refractivity contribution in [1.29, 1.82) is 0 Å². The standard InChI is InChI=1S/C27H31ClN4O4S/c1-31(10-9-19-7-8-22(34-2)23(16-19)35-3)25-17-24(28)29-27(30-25)37-18-20-5-4-6-21(15-20)26(33)32-11-13-36-14-12-32/h4-8,15-17H,9-14,18H2,1-3H3. The lowest BCUT2D eigenvalue weighted by Gasteiger charge is -2.27. The van der Waals surface area contributed by atoms with Crippen molar-refractivity contribution in [2.75, 3.05) is 59.0 Å². The van der Waals surface area contributed by atoms with Gasteiger partial charge >= 0.3 is 0 Å². The molecular formula is C27H31ClN4O4S. The molecule has 0 atom stereocenters. The topological polar surface area (TPSA) is 77.0 Å². The molecule has 0 aliphatic carbocycles. The van der Waals surface area contributed by atoms with Gasteiger partial charge in [-0.2, -0.15) is 0 Å². The summed E-state index contributed by atoms with van der Waals surface area (Å²) in [5.74, 6) is 2.83. The Balaban J connectivity index is 1.38. The average molecular weight is 543 g/mol. The largest absolute Gasteiger partial charge is 0.493 e. The van der Waals surface area contributed by atoms with Crippen molar-refractivity contribution in [3.05, 3.63) is 70.4 Å². The molecule has 4 rings (SSSR count). The number of thioether (sulfide) groups is 1. The van der Waals surface area contributed by atoms with Crippen LogP contribution in [-0.4, -0.2) is 74.9 Å². The molecular weight excluding hydrogens is 512 g/mol. The molecule has 2 aromatic carbocycles. The molecule has 0 N–H and O–H groups in total. The monoisotopic (exact) mass is 542 g/mol. The van der Waals surface area contributed by atoms with Gasteiger partial charge in [0, 0.05) is 44.1 Å². The van der Waals surface area contributed by atoms with Crippen molar-refractivity contribution in [3.8, 4) is 11.5 Å². The minimum Gasteiger partial charge on any atom is -0.493 e. The highest BCUT2D eigenvalue weighted by atomic mass is 35.5. The first kappa shape index (κ1) is 27.0. The number of halogens is 1. The van der Waals surface area contributed by atoms with Gasteiger partial charge in [-0.1, -0.05) is 41.6 Å². The van der Waals surface area contributed by atoms with Crippen LogP contribution in [0.2, 0.25) is 5.15 Å². The predicted octanol–water partition coefficient (Wildman–Crippen LogP) is 4.59. The highest BCUT2D eigenvalue weighted by Gasteiger charge is 2.19. The molecule has 1 aromatic heterocycles. The second-order valence-corrected chi connectivity index (χ2v) is 9.92. The second kappa shape index (κ2) is 13.0. The molecule has 8 nitrogen and oxygen atoms in total. The Hall–Kier alpha value is -3.01. The fourth-order valence-electron chi connectivity index (χ4n) is 3.98. The van der Waals surface area contributed by atoms with Crippen molar-refractivity contribution in [3.63, 3.8) is 0 Å². The Morgan fingerprint density at radius 3 is 2.59 bits per heavy atom. The first-order valence-corrected chi connectivity index (χ1v) is 13.4. The summed E-state index contributed by atoms with van der Waals surface area (Å²) in [5.41, 5.74) is 2.84. The quantitative estimate of drug-likeness (QED) is 0.209. The third-order valence-corrected chi connectivity index (χ3v) is 7.19. The maximum absolute atomic E-state index is 12.8. The number of hydrogen-bond donors (Lipinski definition) is 0. The van der Waals surface area contributed by atoms with Gasteiger partial charge in [-0.25, -0.2) is 9.97 Å². The summed E-state index contributed by atoms with van der Waals surface area (Å²) in [5, 5.41) is 0.979. The summed E-state index contributed by atoms with van der Waals surface area (Å²) in [6, 6.07) is 15.4. The van der Waals surface area contributed by atoms with E-state index >= 15 is 0 Å². The minimum atomic E-state index is 0.0348. The minimum absolute atomic E-state index is 0.0348. The maximum Gasteiger partial charge on any atom is 0.254 e. The van der Waals surface area contributed by atoms with Crippen LogP contribution in [0.1, 0.15) is 21.5 Å². The Morgan fingerprint density at radius 1 is 1.05 bits per heavy atom. The van der Waals surface area contributed by atoms with Crippen molar-refractivity contribution in [2.24, 2.45) is 0 Å². The first-order valence-electron chi connectivity index (χ1n) is 12.0.